The Kier molecular flexibility index (Phi) is 8.36. The van der Waals surface area contributed by atoms with Gasteiger partial charge in [0.1, 0.15) is 17.3 Å². The molecule has 0 saturated heterocycles. The third-order valence-corrected chi connectivity index (χ3v) is 6.04. The molecule has 1 fully saturated rings. The summed E-state index contributed by atoms with van der Waals surface area (Å²) in [5, 5.41) is 0. The predicted octanol–water partition coefficient (Wildman–Crippen LogP) is 5.65. The molecule has 0 bridgehead atoms. The second kappa shape index (κ2) is 12.0. The fourth-order valence-electron chi connectivity index (χ4n) is 3.86. The molecule has 2 aromatic carbocycles. The molecule has 2 unspecified atom stereocenters. The van der Waals surface area contributed by atoms with Gasteiger partial charge in [0.15, 0.2) is 0 Å². The molecule has 0 spiro atoms. The molecule has 1 saturated carbocycles. The summed E-state index contributed by atoms with van der Waals surface area (Å²) in [7, 11) is 0. The van der Waals surface area contributed by atoms with Crippen molar-refractivity contribution in [2.75, 3.05) is 13.2 Å². The van der Waals surface area contributed by atoms with E-state index < -0.39 is 17.9 Å². The predicted molar refractivity (Wildman–Crippen MR) is 137 cm³/mol. The lowest BCUT2D eigenvalue weighted by Gasteiger charge is -2.14. The van der Waals surface area contributed by atoms with Gasteiger partial charge in [0.05, 0.1) is 24.3 Å². The van der Waals surface area contributed by atoms with Gasteiger partial charge in [-0.15, -0.1) is 0 Å². The fourth-order valence-corrected chi connectivity index (χ4v) is 3.86. The van der Waals surface area contributed by atoms with Crippen LogP contribution in [0, 0.1) is 11.8 Å². The summed E-state index contributed by atoms with van der Waals surface area (Å²) >= 11 is 0. The van der Waals surface area contributed by atoms with Crippen LogP contribution in [0.15, 0.2) is 91.4 Å². The second-order valence-electron chi connectivity index (χ2n) is 8.64. The summed E-state index contributed by atoms with van der Waals surface area (Å²) in [6.07, 6.45) is 8.39. The maximum Gasteiger partial charge on any atom is 0.343 e. The third kappa shape index (κ3) is 6.85. The van der Waals surface area contributed by atoms with E-state index in [9.17, 15) is 14.4 Å². The minimum atomic E-state index is -0.455. The van der Waals surface area contributed by atoms with Crippen molar-refractivity contribution < 1.29 is 33.3 Å². The van der Waals surface area contributed by atoms with Gasteiger partial charge in [0, 0.05) is 17.9 Å². The van der Waals surface area contributed by atoms with Crippen molar-refractivity contribution in [1.82, 2.24) is 0 Å². The van der Waals surface area contributed by atoms with Crippen molar-refractivity contribution >= 4 is 24.0 Å². The first-order valence-electron chi connectivity index (χ1n) is 12.1. The van der Waals surface area contributed by atoms with Gasteiger partial charge in [-0.1, -0.05) is 31.4 Å². The topological polar surface area (TPSA) is 88.1 Å². The number of allylic oxidation sites excluding steroid dienone is 4. The van der Waals surface area contributed by atoms with Crippen LogP contribution in [0.2, 0.25) is 0 Å². The maximum atomic E-state index is 12.6. The van der Waals surface area contributed by atoms with E-state index >= 15 is 0 Å². The molecule has 2 aliphatic rings. The minimum absolute atomic E-state index is 0.0215. The quantitative estimate of drug-likeness (QED) is 0.161. The Morgan fingerprint density at radius 3 is 1.86 bits per heavy atom. The van der Waals surface area contributed by atoms with Crippen molar-refractivity contribution in [2.45, 2.75) is 19.3 Å². The maximum absolute atomic E-state index is 12.6. The molecular formula is C30H28O7. The molecule has 7 heteroatoms. The van der Waals surface area contributed by atoms with Gasteiger partial charge in [0.2, 0.25) is 0 Å². The van der Waals surface area contributed by atoms with Crippen LogP contribution in [0.3, 0.4) is 0 Å². The molecule has 2 atom stereocenters. The van der Waals surface area contributed by atoms with E-state index in [1.165, 1.54) is 0 Å². The number of rotatable bonds is 12. The van der Waals surface area contributed by atoms with E-state index in [2.05, 4.69) is 13.2 Å². The zero-order valence-electron chi connectivity index (χ0n) is 20.4. The van der Waals surface area contributed by atoms with Crippen LogP contribution in [0.4, 0.5) is 0 Å². The number of ether oxygens (including phenoxy) is 4. The Morgan fingerprint density at radius 1 is 0.784 bits per heavy atom. The highest BCUT2D eigenvalue weighted by molar-refractivity contribution is 5.91. The molecule has 0 radical (unpaired) electrons. The standard InChI is InChI=1S/C30H28O7/c1-3-20-7-9-21(10-8-20)29(32)36-26-15-16-27(25-19-24(25)26)37-30(33)22-11-13-23(14-12-22)34-17-5-6-18-35-28(31)4-2/h3-4,7-16,24-25H,1-2,5-6,17-19H2. The second-order valence-corrected chi connectivity index (χ2v) is 8.64. The Morgan fingerprint density at radius 2 is 1.32 bits per heavy atom. The van der Waals surface area contributed by atoms with Crippen LogP contribution >= 0.6 is 0 Å². The van der Waals surface area contributed by atoms with Crippen molar-refractivity contribution in [3.05, 3.63) is 108 Å². The summed E-state index contributed by atoms with van der Waals surface area (Å²) < 4.78 is 21.8. The molecule has 0 heterocycles. The number of carbonyl (C=O) groups is 3. The molecule has 2 aliphatic carbocycles. The summed E-state index contributed by atoms with van der Waals surface area (Å²) in [6.45, 7) is 7.83. The number of fused-ring (bicyclic) bond motifs is 1. The lowest BCUT2D eigenvalue weighted by atomic mass is 10.1. The summed E-state index contributed by atoms with van der Waals surface area (Å²) in [5.41, 5.74) is 1.80. The van der Waals surface area contributed by atoms with Crippen LogP contribution in [-0.4, -0.2) is 31.1 Å². The van der Waals surface area contributed by atoms with Crippen LogP contribution < -0.4 is 4.74 Å². The van der Waals surface area contributed by atoms with E-state index in [1.54, 1.807) is 66.8 Å². The third-order valence-electron chi connectivity index (χ3n) is 6.04. The molecule has 2 aromatic rings. The Balaban J connectivity index is 1.24. The van der Waals surface area contributed by atoms with Crippen molar-refractivity contribution in [1.29, 1.82) is 0 Å². The number of carbonyl (C=O) groups excluding carboxylic acids is 3. The van der Waals surface area contributed by atoms with Crippen LogP contribution in [0.5, 0.6) is 5.75 Å². The zero-order chi connectivity index (χ0) is 26.2. The molecule has 37 heavy (non-hydrogen) atoms. The Bertz CT molecular complexity index is 1240. The van der Waals surface area contributed by atoms with Crippen LogP contribution in [0.25, 0.3) is 6.08 Å². The molecule has 0 N–H and O–H groups in total. The average molecular weight is 501 g/mol. The molecule has 4 rings (SSSR count). The lowest BCUT2D eigenvalue weighted by Crippen LogP contribution is -2.12. The summed E-state index contributed by atoms with van der Waals surface area (Å²) in [6, 6.07) is 13.7. The first-order valence-corrected chi connectivity index (χ1v) is 12.1. The van der Waals surface area contributed by atoms with E-state index in [4.69, 9.17) is 18.9 Å². The van der Waals surface area contributed by atoms with E-state index in [-0.39, 0.29) is 11.8 Å². The normalized spacial score (nSPS) is 17.3. The van der Waals surface area contributed by atoms with Crippen molar-refractivity contribution in [2.24, 2.45) is 11.8 Å². The molecule has 0 aliphatic heterocycles. The highest BCUT2D eigenvalue weighted by Crippen LogP contribution is 2.52. The monoisotopic (exact) mass is 500 g/mol. The number of unbranched alkanes of at least 4 members (excludes halogenated alkanes) is 1. The molecule has 0 aromatic heterocycles. The summed E-state index contributed by atoms with van der Waals surface area (Å²) in [4.78, 5) is 36.1. The van der Waals surface area contributed by atoms with Gasteiger partial charge in [0.25, 0.3) is 0 Å². The van der Waals surface area contributed by atoms with Gasteiger partial charge >= 0.3 is 17.9 Å². The van der Waals surface area contributed by atoms with Gasteiger partial charge in [-0.3, -0.25) is 0 Å². The van der Waals surface area contributed by atoms with E-state index in [0.29, 0.717) is 48.0 Å². The minimum Gasteiger partial charge on any atom is -0.494 e. The first kappa shape index (κ1) is 25.7. The fraction of sp³-hybridized carbons (Fsp3) is 0.233. The number of hydrogen-bond acceptors (Lipinski definition) is 7. The van der Waals surface area contributed by atoms with Crippen molar-refractivity contribution in [3.8, 4) is 5.75 Å². The van der Waals surface area contributed by atoms with E-state index in [0.717, 1.165) is 24.5 Å². The van der Waals surface area contributed by atoms with Gasteiger partial charge in [-0.05, 0) is 73.4 Å². The molecular weight excluding hydrogens is 472 g/mol. The van der Waals surface area contributed by atoms with Crippen LogP contribution in [0.1, 0.15) is 45.5 Å². The number of esters is 3. The van der Waals surface area contributed by atoms with Crippen LogP contribution in [-0.2, 0) is 19.0 Å². The largest absolute Gasteiger partial charge is 0.494 e. The highest BCUT2D eigenvalue weighted by atomic mass is 16.5. The zero-order valence-corrected chi connectivity index (χ0v) is 20.4. The molecule has 190 valence electrons. The van der Waals surface area contributed by atoms with Gasteiger partial charge in [-0.25, -0.2) is 14.4 Å². The van der Waals surface area contributed by atoms with Crippen molar-refractivity contribution in [3.63, 3.8) is 0 Å². The lowest BCUT2D eigenvalue weighted by molar-refractivity contribution is -0.137. The van der Waals surface area contributed by atoms with Gasteiger partial charge in [-0.2, -0.15) is 0 Å². The van der Waals surface area contributed by atoms with Gasteiger partial charge < -0.3 is 18.9 Å². The molecule has 0 amide bonds. The SMILES string of the molecule is C=CC(=O)OCCCCOc1ccc(C(=O)OC2=CC=C(OC(=O)c3ccc(C=C)cc3)C3CC23)cc1. The first-order chi connectivity index (χ1) is 18.0. The van der Waals surface area contributed by atoms with E-state index in [1.807, 2.05) is 0 Å². The summed E-state index contributed by atoms with van der Waals surface area (Å²) in [5.74, 6) is 0.533. The number of hydrogen-bond donors (Lipinski definition) is 0. The smallest absolute Gasteiger partial charge is 0.343 e. The highest BCUT2D eigenvalue weighted by Gasteiger charge is 2.48. The Hall–Kier alpha value is -4.39. The average Bonchev–Trinajstić information content (AvgIpc) is 3.74. The molecule has 7 nitrogen and oxygen atoms in total. The number of benzene rings is 2. The Labute approximate surface area is 215 Å².